The van der Waals surface area contributed by atoms with Gasteiger partial charge in [-0.25, -0.2) is 13.4 Å². The molecule has 26 heavy (non-hydrogen) atoms. The molecule has 1 aromatic rings. The molecular weight excluding hydrogens is 350 g/mol. The Morgan fingerprint density at radius 1 is 1.31 bits per heavy atom. The molecular formula is C19H31N3O3S. The second kappa shape index (κ2) is 7.86. The van der Waals surface area contributed by atoms with Crippen LogP contribution >= 0.6 is 0 Å². The van der Waals surface area contributed by atoms with Gasteiger partial charge in [-0.1, -0.05) is 18.2 Å². The summed E-state index contributed by atoms with van der Waals surface area (Å²) in [5.41, 5.74) is -0.473. The van der Waals surface area contributed by atoms with E-state index < -0.39 is 20.2 Å². The molecule has 6 nitrogen and oxygen atoms in total. The highest BCUT2D eigenvalue weighted by Crippen LogP contribution is 2.24. The van der Waals surface area contributed by atoms with Crippen molar-refractivity contribution < 1.29 is 13.2 Å². The molecule has 0 aliphatic carbocycles. The van der Waals surface area contributed by atoms with Crippen molar-refractivity contribution in [1.29, 1.82) is 0 Å². The number of nitrogens with one attached hydrogen (secondary N) is 1. The molecule has 7 heteroatoms. The van der Waals surface area contributed by atoms with Gasteiger partial charge in [-0.05, 0) is 46.8 Å². The predicted molar refractivity (Wildman–Crippen MR) is 107 cm³/mol. The largest absolute Gasteiger partial charge is 0.486 e. The van der Waals surface area contributed by atoms with Gasteiger partial charge < -0.3 is 15.0 Å². The van der Waals surface area contributed by atoms with Crippen LogP contribution in [0.3, 0.4) is 0 Å². The molecule has 1 aliphatic rings. The van der Waals surface area contributed by atoms with Gasteiger partial charge in [0.25, 0.3) is 0 Å². The van der Waals surface area contributed by atoms with Crippen LogP contribution in [0.25, 0.3) is 0 Å². The third-order valence-electron chi connectivity index (χ3n) is 4.42. The molecule has 2 rings (SSSR count). The predicted octanol–water partition coefficient (Wildman–Crippen LogP) is 2.32. The lowest BCUT2D eigenvalue weighted by molar-refractivity contribution is 0.119. The summed E-state index contributed by atoms with van der Waals surface area (Å²) in [5.74, 6) is 1.69. The lowest BCUT2D eigenvalue weighted by Crippen LogP contribution is -2.57. The van der Waals surface area contributed by atoms with Crippen LogP contribution in [0.1, 0.15) is 34.6 Å². The summed E-state index contributed by atoms with van der Waals surface area (Å²) in [7, 11) is -3.08. The Labute approximate surface area is 157 Å². The van der Waals surface area contributed by atoms with Crippen LogP contribution in [0, 0.1) is 0 Å². The van der Waals surface area contributed by atoms with Crippen molar-refractivity contribution >= 4 is 15.8 Å². The Hall–Kier alpha value is -1.76. The number of para-hydroxylation sites is 1. The van der Waals surface area contributed by atoms with Crippen LogP contribution in [0.5, 0.6) is 5.75 Å². The van der Waals surface area contributed by atoms with Crippen LogP contribution in [0.2, 0.25) is 0 Å². The fourth-order valence-corrected chi connectivity index (χ4v) is 4.22. The highest BCUT2D eigenvalue weighted by molar-refractivity contribution is 7.92. The third-order valence-corrected chi connectivity index (χ3v) is 6.96. The molecule has 0 saturated carbocycles. The highest BCUT2D eigenvalue weighted by Gasteiger charge is 2.41. The molecule has 146 valence electrons. The maximum absolute atomic E-state index is 12.2. The first-order chi connectivity index (χ1) is 12.1. The van der Waals surface area contributed by atoms with E-state index in [0.29, 0.717) is 19.6 Å². The lowest BCUT2D eigenvalue weighted by atomic mass is 10.1. The van der Waals surface area contributed by atoms with Crippen molar-refractivity contribution in [3.8, 4) is 5.75 Å². The molecule has 0 aromatic heterocycles. The Morgan fingerprint density at radius 3 is 2.54 bits per heavy atom. The van der Waals surface area contributed by atoms with Crippen molar-refractivity contribution in [2.24, 2.45) is 4.99 Å². The molecule has 0 radical (unpaired) electrons. The van der Waals surface area contributed by atoms with E-state index in [1.165, 1.54) is 0 Å². The van der Waals surface area contributed by atoms with Gasteiger partial charge in [0, 0.05) is 19.6 Å². The number of sulfone groups is 1. The third kappa shape index (κ3) is 5.13. The van der Waals surface area contributed by atoms with E-state index in [-0.39, 0.29) is 5.75 Å². The lowest BCUT2D eigenvalue weighted by Gasteiger charge is -2.39. The van der Waals surface area contributed by atoms with Gasteiger partial charge >= 0.3 is 0 Å². The topological polar surface area (TPSA) is 71.0 Å². The van der Waals surface area contributed by atoms with Gasteiger partial charge in [0.1, 0.15) is 11.4 Å². The molecule has 0 amide bonds. The summed E-state index contributed by atoms with van der Waals surface area (Å²) in [6.07, 6.45) is 0. The van der Waals surface area contributed by atoms with Crippen LogP contribution < -0.4 is 10.1 Å². The van der Waals surface area contributed by atoms with E-state index in [2.05, 4.69) is 5.32 Å². The van der Waals surface area contributed by atoms with Crippen molar-refractivity contribution in [3.05, 3.63) is 30.3 Å². The number of hydrogen-bond acceptors (Lipinski definition) is 4. The van der Waals surface area contributed by atoms with Crippen molar-refractivity contribution in [1.82, 2.24) is 10.2 Å². The number of aliphatic imine (C=N–C) groups is 1. The summed E-state index contributed by atoms with van der Waals surface area (Å²) in [6, 6.07) is 9.68. The monoisotopic (exact) mass is 381 g/mol. The van der Waals surface area contributed by atoms with E-state index in [1.807, 2.05) is 56.0 Å². The first-order valence-corrected chi connectivity index (χ1v) is 10.7. The van der Waals surface area contributed by atoms with Gasteiger partial charge in [0.05, 0.1) is 17.0 Å². The molecule has 0 unspecified atom stereocenters. The number of guanidine groups is 1. The first-order valence-electron chi connectivity index (χ1n) is 9.06. The fraction of sp³-hybridized carbons (Fsp3) is 0.632. The highest BCUT2D eigenvalue weighted by atomic mass is 32.2. The minimum Gasteiger partial charge on any atom is -0.486 e. The van der Waals surface area contributed by atoms with Crippen molar-refractivity contribution in [2.45, 2.75) is 45.0 Å². The van der Waals surface area contributed by atoms with Gasteiger partial charge in [0.2, 0.25) is 0 Å². The normalized spacial score (nSPS) is 19.9. The molecule has 1 fully saturated rings. The molecule has 1 N–H and O–H groups in total. The maximum Gasteiger partial charge on any atom is 0.194 e. The zero-order valence-electron chi connectivity index (χ0n) is 16.4. The second-order valence-electron chi connectivity index (χ2n) is 7.85. The second-order valence-corrected chi connectivity index (χ2v) is 10.6. The zero-order chi connectivity index (χ0) is 19.4. The van der Waals surface area contributed by atoms with Gasteiger partial charge in [-0.3, -0.25) is 0 Å². The van der Waals surface area contributed by atoms with Crippen LogP contribution in [0.4, 0.5) is 0 Å². The Bertz CT molecular complexity index is 728. The molecule has 0 atom stereocenters. The number of benzene rings is 1. The van der Waals surface area contributed by atoms with Crippen LogP contribution in [-0.4, -0.2) is 61.6 Å². The summed E-state index contributed by atoms with van der Waals surface area (Å²) in [4.78, 5) is 6.76. The minimum absolute atomic E-state index is 0.147. The Morgan fingerprint density at radius 2 is 1.96 bits per heavy atom. The average molecular weight is 382 g/mol. The molecule has 0 spiro atoms. The number of nitrogens with zero attached hydrogens (tertiary/aromatic N) is 2. The van der Waals surface area contributed by atoms with E-state index in [9.17, 15) is 8.42 Å². The SMILES string of the molecule is CCNC(=NCC(C)(C)Oc1ccccc1)N1CCS(=O)(=O)C(C)(C)C1. The Balaban J connectivity index is 2.11. The number of ether oxygens (including phenoxy) is 1. The fourth-order valence-electron chi connectivity index (χ4n) is 2.86. The first kappa shape index (κ1) is 20.6. The molecule has 1 heterocycles. The van der Waals surface area contributed by atoms with Gasteiger partial charge in [0.15, 0.2) is 15.8 Å². The van der Waals surface area contributed by atoms with E-state index in [1.54, 1.807) is 13.8 Å². The molecule has 1 aliphatic heterocycles. The standard InChI is InChI=1S/C19H31N3O3S/c1-6-20-17(22-12-13-26(23,24)19(4,5)15-22)21-14-18(2,3)25-16-10-8-7-9-11-16/h7-11H,6,12-15H2,1-5H3,(H,20,21). The van der Waals surface area contributed by atoms with Crippen LogP contribution in [-0.2, 0) is 9.84 Å². The molecule has 1 aromatic carbocycles. The van der Waals surface area contributed by atoms with E-state index in [4.69, 9.17) is 9.73 Å². The van der Waals surface area contributed by atoms with Crippen molar-refractivity contribution in [3.63, 3.8) is 0 Å². The molecule has 0 bridgehead atoms. The number of rotatable bonds is 5. The van der Waals surface area contributed by atoms with E-state index in [0.717, 1.165) is 18.3 Å². The minimum atomic E-state index is -3.08. The summed E-state index contributed by atoms with van der Waals surface area (Å²) >= 11 is 0. The quantitative estimate of drug-likeness (QED) is 0.626. The zero-order valence-corrected chi connectivity index (χ0v) is 17.3. The van der Waals surface area contributed by atoms with Crippen LogP contribution in [0.15, 0.2) is 35.3 Å². The summed E-state index contributed by atoms with van der Waals surface area (Å²) in [5, 5.41) is 3.28. The van der Waals surface area contributed by atoms with Crippen molar-refractivity contribution in [2.75, 3.05) is 31.9 Å². The average Bonchev–Trinajstić information content (AvgIpc) is 2.55. The summed E-state index contributed by atoms with van der Waals surface area (Å²) < 4.78 is 29.7. The smallest absolute Gasteiger partial charge is 0.194 e. The van der Waals surface area contributed by atoms with Gasteiger partial charge in [-0.15, -0.1) is 0 Å². The molecule has 1 saturated heterocycles. The maximum atomic E-state index is 12.2. The Kier molecular flexibility index (Phi) is 6.21. The number of hydrogen-bond donors (Lipinski definition) is 1. The van der Waals surface area contributed by atoms with Gasteiger partial charge in [-0.2, -0.15) is 0 Å². The summed E-state index contributed by atoms with van der Waals surface area (Å²) in [6.45, 7) is 11.6. The van der Waals surface area contributed by atoms with E-state index >= 15 is 0 Å².